The maximum atomic E-state index is 13.9. The summed E-state index contributed by atoms with van der Waals surface area (Å²) in [4.78, 5) is 13.9. The van der Waals surface area contributed by atoms with Gasteiger partial charge in [0.15, 0.2) is 0 Å². The van der Waals surface area contributed by atoms with Crippen molar-refractivity contribution in [1.29, 1.82) is 0 Å². The fraction of sp³-hybridized carbons (Fsp3) is 0.533. The lowest BCUT2D eigenvalue weighted by Gasteiger charge is -2.26. The maximum absolute atomic E-state index is 13.9. The lowest BCUT2D eigenvalue weighted by atomic mass is 9.82. The van der Waals surface area contributed by atoms with Crippen LogP contribution in [-0.4, -0.2) is 23.9 Å². The van der Waals surface area contributed by atoms with E-state index in [9.17, 15) is 13.6 Å². The number of hydrogen-bond donors (Lipinski definition) is 0. The van der Waals surface area contributed by atoms with Crippen LogP contribution in [0.3, 0.4) is 0 Å². The number of carbonyl (C=O) groups excluding carboxylic acids is 1. The number of rotatable bonds is 3. The molecule has 0 atom stereocenters. The van der Waals surface area contributed by atoms with Gasteiger partial charge in [-0.2, -0.15) is 0 Å². The minimum absolute atomic E-state index is 0.0952. The van der Waals surface area contributed by atoms with Crippen LogP contribution in [0.15, 0.2) is 16.6 Å². The van der Waals surface area contributed by atoms with Crippen molar-refractivity contribution < 1.29 is 13.6 Å². The summed E-state index contributed by atoms with van der Waals surface area (Å²) in [5.74, 6) is -2.17. The summed E-state index contributed by atoms with van der Waals surface area (Å²) in [6.07, 6.45) is 2.84. The molecule has 0 N–H and O–H groups in total. The van der Waals surface area contributed by atoms with Gasteiger partial charge in [0, 0.05) is 17.6 Å². The standard InChI is InChI=1S/C15H18BrF2NO/c1-3-15(4-2)5-6-19(9-15)14(20)13-11(17)7-10(16)8-12(13)18/h7-8H,3-6,9H2,1-2H3. The Hall–Kier alpha value is -0.970. The van der Waals surface area contributed by atoms with Gasteiger partial charge in [-0.1, -0.05) is 29.8 Å². The molecule has 2 rings (SSSR count). The quantitative estimate of drug-likeness (QED) is 0.795. The van der Waals surface area contributed by atoms with E-state index >= 15 is 0 Å². The third kappa shape index (κ3) is 2.73. The molecule has 1 aromatic carbocycles. The van der Waals surface area contributed by atoms with Crippen LogP contribution in [0.25, 0.3) is 0 Å². The molecule has 0 aliphatic carbocycles. The van der Waals surface area contributed by atoms with Crippen molar-refractivity contribution in [3.8, 4) is 0 Å². The number of halogens is 3. The van der Waals surface area contributed by atoms with E-state index < -0.39 is 23.1 Å². The molecule has 1 amide bonds. The second kappa shape index (κ2) is 5.80. The van der Waals surface area contributed by atoms with Crippen LogP contribution < -0.4 is 0 Å². The zero-order valence-corrected chi connectivity index (χ0v) is 13.3. The Morgan fingerprint density at radius 3 is 2.30 bits per heavy atom. The highest BCUT2D eigenvalue weighted by atomic mass is 79.9. The molecule has 0 radical (unpaired) electrons. The molecule has 2 nitrogen and oxygen atoms in total. The number of benzene rings is 1. The molecule has 0 unspecified atom stereocenters. The minimum atomic E-state index is -0.813. The average Bonchev–Trinajstić information content (AvgIpc) is 2.82. The smallest absolute Gasteiger partial charge is 0.259 e. The number of likely N-dealkylation sites (tertiary alicyclic amines) is 1. The molecule has 0 spiro atoms. The monoisotopic (exact) mass is 345 g/mol. The Kier molecular flexibility index (Phi) is 4.47. The molecule has 5 heteroatoms. The van der Waals surface area contributed by atoms with Crippen LogP contribution >= 0.6 is 15.9 Å². The topological polar surface area (TPSA) is 20.3 Å². The Balaban J connectivity index is 2.26. The van der Waals surface area contributed by atoms with Gasteiger partial charge in [0.1, 0.15) is 17.2 Å². The van der Waals surface area contributed by atoms with Crippen LogP contribution in [0.1, 0.15) is 43.5 Å². The Morgan fingerprint density at radius 2 is 1.85 bits per heavy atom. The van der Waals surface area contributed by atoms with Crippen LogP contribution in [0.5, 0.6) is 0 Å². The first-order chi connectivity index (χ1) is 9.42. The lowest BCUT2D eigenvalue weighted by molar-refractivity contribution is 0.0760. The van der Waals surface area contributed by atoms with Gasteiger partial charge in [-0.25, -0.2) is 8.78 Å². The molecule has 0 aromatic heterocycles. The Labute approximate surface area is 126 Å². The van der Waals surface area contributed by atoms with E-state index in [0.29, 0.717) is 17.6 Å². The average molecular weight is 346 g/mol. The SMILES string of the molecule is CCC1(CC)CCN(C(=O)c2c(F)cc(Br)cc2F)C1. The third-order valence-electron chi connectivity index (χ3n) is 4.45. The number of hydrogen-bond acceptors (Lipinski definition) is 1. The molecule has 1 saturated heterocycles. The van der Waals surface area contributed by atoms with Gasteiger partial charge in [0.25, 0.3) is 5.91 Å². The van der Waals surface area contributed by atoms with Crippen LogP contribution in [-0.2, 0) is 0 Å². The summed E-state index contributed by atoms with van der Waals surface area (Å²) in [5, 5.41) is 0. The van der Waals surface area contributed by atoms with Crippen molar-refractivity contribution in [2.24, 2.45) is 5.41 Å². The zero-order valence-electron chi connectivity index (χ0n) is 11.7. The van der Waals surface area contributed by atoms with E-state index in [2.05, 4.69) is 29.8 Å². The summed E-state index contributed by atoms with van der Waals surface area (Å²) in [7, 11) is 0. The predicted octanol–water partition coefficient (Wildman–Crippen LogP) is 4.38. The summed E-state index contributed by atoms with van der Waals surface area (Å²) < 4.78 is 28.0. The summed E-state index contributed by atoms with van der Waals surface area (Å²) in [6, 6.07) is 2.25. The zero-order chi connectivity index (χ0) is 14.9. The highest BCUT2D eigenvalue weighted by Crippen LogP contribution is 2.37. The molecule has 0 bridgehead atoms. The fourth-order valence-electron chi connectivity index (χ4n) is 2.84. The molecule has 1 fully saturated rings. The van der Waals surface area contributed by atoms with E-state index in [0.717, 1.165) is 31.4 Å². The molecule has 1 aromatic rings. The van der Waals surface area contributed by atoms with Gasteiger partial charge in [0.05, 0.1) is 0 Å². The van der Waals surface area contributed by atoms with Gasteiger partial charge in [-0.05, 0) is 36.8 Å². The lowest BCUT2D eigenvalue weighted by Crippen LogP contribution is -2.33. The molecule has 1 aliphatic heterocycles. The maximum Gasteiger partial charge on any atom is 0.259 e. The van der Waals surface area contributed by atoms with E-state index in [-0.39, 0.29) is 5.41 Å². The first kappa shape index (κ1) is 15.4. The van der Waals surface area contributed by atoms with E-state index in [1.807, 2.05) is 0 Å². The number of amides is 1. The van der Waals surface area contributed by atoms with Crippen molar-refractivity contribution in [2.75, 3.05) is 13.1 Å². The minimum Gasteiger partial charge on any atom is -0.338 e. The summed E-state index contributed by atoms with van der Waals surface area (Å²) >= 11 is 3.02. The van der Waals surface area contributed by atoms with E-state index in [1.165, 1.54) is 0 Å². The molecule has 110 valence electrons. The van der Waals surface area contributed by atoms with E-state index in [4.69, 9.17) is 0 Å². The first-order valence-corrected chi connectivity index (χ1v) is 7.65. The molecule has 1 aliphatic rings. The third-order valence-corrected chi connectivity index (χ3v) is 4.90. The van der Waals surface area contributed by atoms with Gasteiger partial charge in [0.2, 0.25) is 0 Å². The van der Waals surface area contributed by atoms with Gasteiger partial charge in [-0.15, -0.1) is 0 Å². The second-order valence-electron chi connectivity index (χ2n) is 5.43. The molecule has 1 heterocycles. The van der Waals surface area contributed by atoms with Crippen molar-refractivity contribution in [3.63, 3.8) is 0 Å². The van der Waals surface area contributed by atoms with Crippen LogP contribution in [0.2, 0.25) is 0 Å². The van der Waals surface area contributed by atoms with Crippen LogP contribution in [0, 0.1) is 17.0 Å². The van der Waals surface area contributed by atoms with Crippen molar-refractivity contribution >= 4 is 21.8 Å². The van der Waals surface area contributed by atoms with Crippen molar-refractivity contribution in [3.05, 3.63) is 33.8 Å². The van der Waals surface area contributed by atoms with Crippen LogP contribution in [0.4, 0.5) is 8.78 Å². The molecule has 0 saturated carbocycles. The van der Waals surface area contributed by atoms with Crippen molar-refractivity contribution in [2.45, 2.75) is 33.1 Å². The molecule has 20 heavy (non-hydrogen) atoms. The highest BCUT2D eigenvalue weighted by molar-refractivity contribution is 9.10. The van der Waals surface area contributed by atoms with Gasteiger partial charge < -0.3 is 4.90 Å². The first-order valence-electron chi connectivity index (χ1n) is 6.86. The van der Waals surface area contributed by atoms with Gasteiger partial charge >= 0.3 is 0 Å². The fourth-order valence-corrected chi connectivity index (χ4v) is 3.24. The Bertz CT molecular complexity index is 506. The largest absolute Gasteiger partial charge is 0.338 e. The Morgan fingerprint density at radius 1 is 1.30 bits per heavy atom. The van der Waals surface area contributed by atoms with Gasteiger partial charge in [-0.3, -0.25) is 4.79 Å². The normalized spacial score (nSPS) is 17.6. The number of nitrogens with zero attached hydrogens (tertiary/aromatic N) is 1. The molecular weight excluding hydrogens is 328 g/mol. The number of carbonyl (C=O) groups is 1. The summed E-state index contributed by atoms with van der Waals surface area (Å²) in [5.41, 5.74) is -0.353. The summed E-state index contributed by atoms with van der Waals surface area (Å²) in [6.45, 7) is 5.33. The van der Waals surface area contributed by atoms with E-state index in [1.54, 1.807) is 4.90 Å². The molecular formula is C15H18BrF2NO. The predicted molar refractivity (Wildman–Crippen MR) is 77.6 cm³/mol. The van der Waals surface area contributed by atoms with Crippen molar-refractivity contribution in [1.82, 2.24) is 4.90 Å². The highest BCUT2D eigenvalue weighted by Gasteiger charge is 2.38. The second-order valence-corrected chi connectivity index (χ2v) is 6.34.